The van der Waals surface area contributed by atoms with Crippen molar-refractivity contribution in [3.63, 3.8) is 0 Å². The summed E-state index contributed by atoms with van der Waals surface area (Å²) in [4.78, 5) is 22.3. The maximum absolute atomic E-state index is 11.7. The van der Waals surface area contributed by atoms with Gasteiger partial charge < -0.3 is 24.6 Å². The van der Waals surface area contributed by atoms with Gasteiger partial charge in [-0.15, -0.1) is 0 Å². The highest BCUT2D eigenvalue weighted by Gasteiger charge is 2.15. The molecule has 0 aliphatic carbocycles. The minimum atomic E-state index is -1.05. The minimum Gasteiger partial charge on any atom is -0.478 e. The molecule has 132 valence electrons. The predicted octanol–water partition coefficient (Wildman–Crippen LogP) is 2.79. The van der Waals surface area contributed by atoms with Gasteiger partial charge in [0.05, 0.1) is 0 Å². The van der Waals surface area contributed by atoms with Gasteiger partial charge in [0.1, 0.15) is 11.4 Å². The highest BCUT2D eigenvalue weighted by atomic mass is 16.7. The number of alkyl carbamates (subject to hydrolysis) is 1. The van der Waals surface area contributed by atoms with Crippen molar-refractivity contribution >= 4 is 18.1 Å². The van der Waals surface area contributed by atoms with Crippen molar-refractivity contribution in [2.75, 3.05) is 13.9 Å². The summed E-state index contributed by atoms with van der Waals surface area (Å²) in [6.07, 6.45) is 1.93. The van der Waals surface area contributed by atoms with Gasteiger partial charge in [0, 0.05) is 25.3 Å². The zero-order valence-electron chi connectivity index (χ0n) is 14.3. The number of hydrogen-bond acceptors (Lipinski definition) is 5. The van der Waals surface area contributed by atoms with E-state index in [9.17, 15) is 9.59 Å². The number of benzene rings is 1. The maximum Gasteiger partial charge on any atom is 0.407 e. The largest absolute Gasteiger partial charge is 0.478 e. The molecule has 0 saturated carbocycles. The molecule has 0 fully saturated rings. The Bertz CT molecular complexity index is 604. The fourth-order valence-corrected chi connectivity index (χ4v) is 1.72. The van der Waals surface area contributed by atoms with Gasteiger partial charge in [0.15, 0.2) is 6.79 Å². The van der Waals surface area contributed by atoms with Crippen LogP contribution < -0.4 is 10.1 Å². The van der Waals surface area contributed by atoms with Crippen LogP contribution in [0.1, 0.15) is 31.9 Å². The predicted molar refractivity (Wildman–Crippen MR) is 88.7 cm³/mol. The highest BCUT2D eigenvalue weighted by Crippen LogP contribution is 2.22. The van der Waals surface area contributed by atoms with Gasteiger partial charge in [-0.05, 0) is 38.5 Å². The Morgan fingerprint density at radius 3 is 2.58 bits per heavy atom. The first-order chi connectivity index (χ1) is 11.2. The molecule has 0 bridgehead atoms. The van der Waals surface area contributed by atoms with Crippen molar-refractivity contribution < 1.29 is 28.9 Å². The van der Waals surface area contributed by atoms with Crippen molar-refractivity contribution in [3.8, 4) is 5.75 Å². The lowest BCUT2D eigenvalue weighted by Crippen LogP contribution is -2.32. The zero-order valence-corrected chi connectivity index (χ0v) is 14.3. The first-order valence-electron chi connectivity index (χ1n) is 7.34. The average molecular weight is 337 g/mol. The molecule has 2 N–H and O–H groups in total. The third-order valence-electron chi connectivity index (χ3n) is 2.65. The molecular formula is C17H23NO6. The fourth-order valence-electron chi connectivity index (χ4n) is 1.72. The highest BCUT2D eigenvalue weighted by molar-refractivity contribution is 5.85. The first-order valence-corrected chi connectivity index (χ1v) is 7.34. The number of nitrogens with one attached hydrogen (secondary N) is 1. The van der Waals surface area contributed by atoms with Crippen LogP contribution in [0.5, 0.6) is 5.75 Å². The van der Waals surface area contributed by atoms with Crippen LogP contribution >= 0.6 is 0 Å². The summed E-state index contributed by atoms with van der Waals surface area (Å²) in [6, 6.07) is 5.17. The van der Waals surface area contributed by atoms with E-state index in [1.165, 1.54) is 13.2 Å². The van der Waals surface area contributed by atoms with Gasteiger partial charge in [-0.3, -0.25) is 0 Å². The van der Waals surface area contributed by atoms with Crippen LogP contribution in [0.3, 0.4) is 0 Å². The molecule has 0 aromatic heterocycles. The number of aliphatic carboxylic acids is 1. The normalized spacial score (nSPS) is 11.3. The molecule has 24 heavy (non-hydrogen) atoms. The van der Waals surface area contributed by atoms with E-state index in [4.69, 9.17) is 19.3 Å². The second-order valence-electron chi connectivity index (χ2n) is 5.95. The minimum absolute atomic E-state index is 0.0247. The number of methoxy groups -OCH3 is 1. The molecule has 1 aromatic carbocycles. The average Bonchev–Trinajstić information content (AvgIpc) is 2.47. The van der Waals surface area contributed by atoms with Crippen molar-refractivity contribution in [2.24, 2.45) is 0 Å². The van der Waals surface area contributed by atoms with E-state index in [-0.39, 0.29) is 13.3 Å². The number of carboxylic acid groups (broad SMARTS) is 1. The van der Waals surface area contributed by atoms with E-state index in [0.717, 1.165) is 11.6 Å². The van der Waals surface area contributed by atoms with Crippen molar-refractivity contribution in [1.82, 2.24) is 5.32 Å². The Balaban J connectivity index is 2.81. The molecule has 7 heteroatoms. The number of ether oxygens (including phenoxy) is 3. The van der Waals surface area contributed by atoms with Crippen LogP contribution in [-0.4, -0.2) is 36.7 Å². The molecule has 1 rings (SSSR count). The smallest absolute Gasteiger partial charge is 0.407 e. The summed E-state index contributed by atoms with van der Waals surface area (Å²) in [5.41, 5.74) is 0.803. The van der Waals surface area contributed by atoms with Gasteiger partial charge in [0.2, 0.25) is 0 Å². The van der Waals surface area contributed by atoms with Crippen LogP contribution in [-0.2, 0) is 20.8 Å². The molecule has 1 aromatic rings. The molecule has 0 aliphatic rings. The Hall–Kier alpha value is -2.54. The zero-order chi connectivity index (χ0) is 18.2. The number of amides is 1. The van der Waals surface area contributed by atoms with E-state index < -0.39 is 17.7 Å². The summed E-state index contributed by atoms with van der Waals surface area (Å²) in [5.74, 6) is -0.596. The van der Waals surface area contributed by atoms with E-state index in [2.05, 4.69) is 5.32 Å². The second-order valence-corrected chi connectivity index (χ2v) is 5.95. The van der Waals surface area contributed by atoms with Crippen LogP contribution in [0.4, 0.5) is 4.79 Å². The van der Waals surface area contributed by atoms with E-state index >= 15 is 0 Å². The van der Waals surface area contributed by atoms with Gasteiger partial charge in [0.25, 0.3) is 0 Å². The lowest BCUT2D eigenvalue weighted by molar-refractivity contribution is -0.131. The summed E-state index contributed by atoms with van der Waals surface area (Å²) >= 11 is 0. The summed E-state index contributed by atoms with van der Waals surface area (Å²) in [7, 11) is 1.49. The molecule has 0 saturated heterocycles. The van der Waals surface area contributed by atoms with Crippen LogP contribution in [0.2, 0.25) is 0 Å². The third kappa shape index (κ3) is 7.64. The van der Waals surface area contributed by atoms with Crippen molar-refractivity contribution in [3.05, 3.63) is 35.4 Å². The van der Waals surface area contributed by atoms with Gasteiger partial charge in [-0.2, -0.15) is 0 Å². The molecule has 1 amide bonds. The van der Waals surface area contributed by atoms with Crippen LogP contribution in [0, 0.1) is 0 Å². The van der Waals surface area contributed by atoms with Gasteiger partial charge in [-0.1, -0.05) is 12.1 Å². The summed E-state index contributed by atoms with van der Waals surface area (Å²) in [5, 5.41) is 11.4. The van der Waals surface area contributed by atoms with Crippen molar-refractivity contribution in [1.29, 1.82) is 0 Å². The Morgan fingerprint density at radius 2 is 2.00 bits per heavy atom. The Morgan fingerprint density at radius 1 is 1.29 bits per heavy atom. The molecule has 0 aliphatic heterocycles. The third-order valence-corrected chi connectivity index (χ3v) is 2.65. The van der Waals surface area contributed by atoms with E-state index in [0.29, 0.717) is 11.3 Å². The molecule has 0 radical (unpaired) electrons. The van der Waals surface area contributed by atoms with Gasteiger partial charge in [-0.25, -0.2) is 9.59 Å². The van der Waals surface area contributed by atoms with E-state index in [1.54, 1.807) is 39.0 Å². The SMILES string of the molecule is COCOc1cc(CNC(=O)OC(C)(C)C)ccc1/C=C/C(=O)O. The number of carbonyl (C=O) groups excluding carboxylic acids is 1. The Kier molecular flexibility index (Phi) is 7.26. The molecule has 7 nitrogen and oxygen atoms in total. The quantitative estimate of drug-likeness (QED) is 0.587. The number of rotatable bonds is 7. The molecule has 0 heterocycles. The number of carbonyl (C=O) groups is 2. The topological polar surface area (TPSA) is 94.1 Å². The van der Waals surface area contributed by atoms with Crippen LogP contribution in [0.15, 0.2) is 24.3 Å². The monoisotopic (exact) mass is 337 g/mol. The number of hydrogen-bond donors (Lipinski definition) is 2. The van der Waals surface area contributed by atoms with E-state index in [1.807, 2.05) is 0 Å². The second kappa shape index (κ2) is 8.93. The Labute approximate surface area is 141 Å². The fraction of sp³-hybridized carbons (Fsp3) is 0.412. The molecular weight excluding hydrogens is 314 g/mol. The van der Waals surface area contributed by atoms with Crippen LogP contribution in [0.25, 0.3) is 6.08 Å². The summed E-state index contributed by atoms with van der Waals surface area (Å²) in [6.45, 7) is 5.63. The van der Waals surface area contributed by atoms with Crippen molar-refractivity contribution in [2.45, 2.75) is 32.9 Å². The standard InChI is InChI=1S/C17H23NO6/c1-17(2,3)24-16(21)18-10-12-5-6-13(7-8-15(19)20)14(9-12)23-11-22-4/h5-9H,10-11H2,1-4H3,(H,18,21)(H,19,20)/b8-7+. The van der Waals surface area contributed by atoms with Gasteiger partial charge >= 0.3 is 12.1 Å². The maximum atomic E-state index is 11.7. The molecule has 0 atom stereocenters. The first kappa shape index (κ1) is 19.5. The molecule has 0 spiro atoms. The molecule has 0 unspecified atom stereocenters. The number of carboxylic acids is 1. The summed E-state index contributed by atoms with van der Waals surface area (Å²) < 4.78 is 15.5. The lowest BCUT2D eigenvalue weighted by Gasteiger charge is -2.19. The lowest BCUT2D eigenvalue weighted by atomic mass is 10.1.